The van der Waals surface area contributed by atoms with Crippen molar-refractivity contribution in [2.75, 3.05) is 13.1 Å². The number of aliphatic hydroxyl groups excluding tert-OH is 1. The van der Waals surface area contributed by atoms with E-state index in [-0.39, 0.29) is 11.9 Å². The molecular weight excluding hydrogens is 253 g/mol. The maximum Gasteiger partial charge on any atom is 0.123 e. The van der Waals surface area contributed by atoms with E-state index >= 15 is 0 Å². The molecule has 0 radical (unpaired) electrons. The minimum atomic E-state index is -0.282. The largest absolute Gasteiger partial charge is 0.393 e. The number of hydrogen-bond acceptors (Lipinski definition) is 2. The van der Waals surface area contributed by atoms with Gasteiger partial charge in [0.15, 0.2) is 0 Å². The number of nitrogens with zero attached hydrogens (tertiary/aromatic N) is 1. The molecule has 100 valence electrons. The maximum atomic E-state index is 13.2. The van der Waals surface area contributed by atoms with Crippen LogP contribution in [-0.2, 0) is 6.54 Å². The minimum absolute atomic E-state index is 0.251. The third kappa shape index (κ3) is 3.44. The first kappa shape index (κ1) is 13.8. The molecule has 1 aliphatic rings. The molecule has 4 heteroatoms. The first-order valence-electron chi connectivity index (χ1n) is 6.40. The molecule has 2 atom stereocenters. The van der Waals surface area contributed by atoms with E-state index in [1.807, 2.05) is 6.92 Å². The van der Waals surface area contributed by atoms with E-state index in [2.05, 4.69) is 4.90 Å². The van der Waals surface area contributed by atoms with Crippen molar-refractivity contribution >= 4 is 11.6 Å². The summed E-state index contributed by atoms with van der Waals surface area (Å²) in [6, 6.07) is 4.47. The SMILES string of the molecule is C[C@@H](O)[C@H]1CCCN(Cc2cc(F)ccc2Cl)C1. The predicted molar refractivity (Wildman–Crippen MR) is 71.1 cm³/mol. The second kappa shape index (κ2) is 6.00. The lowest BCUT2D eigenvalue weighted by Crippen LogP contribution is -2.39. The molecule has 0 saturated carbocycles. The van der Waals surface area contributed by atoms with Gasteiger partial charge >= 0.3 is 0 Å². The van der Waals surface area contributed by atoms with Gasteiger partial charge in [-0.3, -0.25) is 4.90 Å². The highest BCUT2D eigenvalue weighted by molar-refractivity contribution is 6.31. The normalized spacial score (nSPS) is 23.0. The van der Waals surface area contributed by atoms with Crippen molar-refractivity contribution in [3.8, 4) is 0 Å². The van der Waals surface area contributed by atoms with E-state index in [4.69, 9.17) is 11.6 Å². The first-order chi connectivity index (χ1) is 8.56. The van der Waals surface area contributed by atoms with Gasteiger partial charge < -0.3 is 5.11 Å². The number of likely N-dealkylation sites (tertiary alicyclic amines) is 1. The molecule has 0 spiro atoms. The number of halogens is 2. The topological polar surface area (TPSA) is 23.5 Å². The summed E-state index contributed by atoms with van der Waals surface area (Å²) in [5.74, 6) is 0.0598. The molecule has 0 unspecified atom stereocenters. The Morgan fingerprint density at radius 2 is 2.33 bits per heavy atom. The van der Waals surface area contributed by atoms with Gasteiger partial charge in [0.1, 0.15) is 5.82 Å². The Bertz CT molecular complexity index is 411. The summed E-state index contributed by atoms with van der Waals surface area (Å²) < 4.78 is 13.2. The number of hydrogen-bond donors (Lipinski definition) is 1. The molecule has 0 aliphatic carbocycles. The Hall–Kier alpha value is -0.640. The number of rotatable bonds is 3. The van der Waals surface area contributed by atoms with Crippen LogP contribution in [0.4, 0.5) is 4.39 Å². The summed E-state index contributed by atoms with van der Waals surface area (Å²) in [7, 11) is 0. The molecule has 2 nitrogen and oxygen atoms in total. The molecule has 1 saturated heterocycles. The lowest BCUT2D eigenvalue weighted by Gasteiger charge is -2.34. The van der Waals surface area contributed by atoms with E-state index in [1.165, 1.54) is 12.1 Å². The zero-order chi connectivity index (χ0) is 13.1. The maximum absolute atomic E-state index is 13.2. The van der Waals surface area contributed by atoms with E-state index in [9.17, 15) is 9.50 Å². The van der Waals surface area contributed by atoms with Crippen molar-refractivity contribution in [3.63, 3.8) is 0 Å². The molecule has 0 bridgehead atoms. The molecule has 1 N–H and O–H groups in total. The molecule has 1 fully saturated rings. The van der Waals surface area contributed by atoms with Crippen molar-refractivity contribution in [1.82, 2.24) is 4.90 Å². The molecular formula is C14H19ClFNO. The van der Waals surface area contributed by atoms with E-state index in [0.29, 0.717) is 17.5 Å². The number of piperidine rings is 1. The van der Waals surface area contributed by atoms with Gasteiger partial charge in [-0.2, -0.15) is 0 Å². The Kier molecular flexibility index (Phi) is 4.60. The van der Waals surface area contributed by atoms with Crippen LogP contribution in [-0.4, -0.2) is 29.2 Å². The van der Waals surface area contributed by atoms with Crippen molar-refractivity contribution in [2.45, 2.75) is 32.4 Å². The molecule has 1 aromatic rings. The van der Waals surface area contributed by atoms with Gasteiger partial charge in [0.25, 0.3) is 0 Å². The van der Waals surface area contributed by atoms with Crippen molar-refractivity contribution in [2.24, 2.45) is 5.92 Å². The van der Waals surface area contributed by atoms with Gasteiger partial charge in [0, 0.05) is 18.1 Å². The number of aliphatic hydroxyl groups is 1. The first-order valence-corrected chi connectivity index (χ1v) is 6.78. The Morgan fingerprint density at radius 3 is 3.06 bits per heavy atom. The smallest absolute Gasteiger partial charge is 0.123 e. The van der Waals surface area contributed by atoms with Crippen molar-refractivity contribution < 1.29 is 9.50 Å². The summed E-state index contributed by atoms with van der Waals surface area (Å²) >= 11 is 6.07. The fourth-order valence-corrected chi connectivity index (χ4v) is 2.71. The van der Waals surface area contributed by atoms with Crippen LogP contribution >= 0.6 is 11.6 Å². The third-order valence-corrected chi connectivity index (χ3v) is 3.99. The average molecular weight is 272 g/mol. The van der Waals surface area contributed by atoms with Crippen LogP contribution in [0.2, 0.25) is 5.02 Å². The summed E-state index contributed by atoms with van der Waals surface area (Å²) in [6.07, 6.45) is 1.85. The lowest BCUT2D eigenvalue weighted by atomic mass is 9.93. The van der Waals surface area contributed by atoms with Crippen LogP contribution < -0.4 is 0 Å². The molecule has 0 amide bonds. The second-order valence-electron chi connectivity index (χ2n) is 5.11. The highest BCUT2D eigenvalue weighted by atomic mass is 35.5. The molecule has 2 rings (SSSR count). The van der Waals surface area contributed by atoms with Crippen LogP contribution in [0.25, 0.3) is 0 Å². The highest BCUT2D eigenvalue weighted by Crippen LogP contribution is 2.24. The van der Waals surface area contributed by atoms with Crippen LogP contribution in [0.3, 0.4) is 0 Å². The number of benzene rings is 1. The average Bonchev–Trinajstić information content (AvgIpc) is 2.34. The van der Waals surface area contributed by atoms with Crippen LogP contribution in [0, 0.1) is 11.7 Å². The highest BCUT2D eigenvalue weighted by Gasteiger charge is 2.23. The zero-order valence-corrected chi connectivity index (χ0v) is 11.3. The van der Waals surface area contributed by atoms with Crippen molar-refractivity contribution in [3.05, 3.63) is 34.6 Å². The summed E-state index contributed by atoms with van der Waals surface area (Å²) in [6.45, 7) is 4.32. The fraction of sp³-hybridized carbons (Fsp3) is 0.571. The summed E-state index contributed by atoms with van der Waals surface area (Å²) in [5, 5.41) is 10.3. The van der Waals surface area contributed by atoms with E-state index in [1.54, 1.807) is 6.07 Å². The summed E-state index contributed by atoms with van der Waals surface area (Å²) in [5.41, 5.74) is 0.822. The summed E-state index contributed by atoms with van der Waals surface area (Å²) in [4.78, 5) is 2.24. The van der Waals surface area contributed by atoms with Crippen molar-refractivity contribution in [1.29, 1.82) is 0 Å². The van der Waals surface area contributed by atoms with Crippen LogP contribution in [0.5, 0.6) is 0 Å². The molecule has 1 heterocycles. The lowest BCUT2D eigenvalue weighted by molar-refractivity contribution is 0.0599. The molecule has 1 aliphatic heterocycles. The Labute approximate surface area is 112 Å². The van der Waals surface area contributed by atoms with E-state index < -0.39 is 0 Å². The van der Waals surface area contributed by atoms with Gasteiger partial charge in [-0.15, -0.1) is 0 Å². The third-order valence-electron chi connectivity index (χ3n) is 3.63. The van der Waals surface area contributed by atoms with Gasteiger partial charge in [-0.1, -0.05) is 11.6 Å². The molecule has 0 aromatic heterocycles. The monoisotopic (exact) mass is 271 g/mol. The Balaban J connectivity index is 2.02. The minimum Gasteiger partial charge on any atom is -0.393 e. The van der Waals surface area contributed by atoms with Crippen LogP contribution in [0.15, 0.2) is 18.2 Å². The van der Waals surface area contributed by atoms with Gasteiger partial charge in [0.2, 0.25) is 0 Å². The van der Waals surface area contributed by atoms with Crippen LogP contribution in [0.1, 0.15) is 25.3 Å². The Morgan fingerprint density at radius 1 is 1.56 bits per heavy atom. The quantitative estimate of drug-likeness (QED) is 0.913. The molecule has 1 aromatic carbocycles. The van der Waals surface area contributed by atoms with Gasteiger partial charge in [0.05, 0.1) is 6.10 Å². The predicted octanol–water partition coefficient (Wildman–Crippen LogP) is 3.07. The van der Waals surface area contributed by atoms with Gasteiger partial charge in [-0.25, -0.2) is 4.39 Å². The standard InChI is InChI=1S/C14H19ClFNO/c1-10(18)11-3-2-6-17(8-11)9-12-7-13(16)4-5-14(12)15/h4-5,7,10-11,18H,2-3,6,8-9H2,1H3/t10-,11+/m1/s1. The second-order valence-corrected chi connectivity index (χ2v) is 5.52. The fourth-order valence-electron chi connectivity index (χ4n) is 2.53. The van der Waals surface area contributed by atoms with Gasteiger partial charge in [-0.05, 0) is 56.0 Å². The molecule has 18 heavy (non-hydrogen) atoms. The zero-order valence-electron chi connectivity index (χ0n) is 10.6. The van der Waals surface area contributed by atoms with E-state index in [0.717, 1.165) is 31.5 Å².